The number of hydrogen-bond donors (Lipinski definition) is 4. The highest BCUT2D eigenvalue weighted by Gasteiger charge is 2.22. The van der Waals surface area contributed by atoms with Gasteiger partial charge in [0, 0.05) is 20.6 Å². The zero-order valence-corrected chi connectivity index (χ0v) is 11.9. The highest BCUT2D eigenvalue weighted by atomic mass is 32.2. The molecule has 116 valence electrons. The number of sulfonamides is 1. The Bertz CT molecular complexity index is 475. The van der Waals surface area contributed by atoms with E-state index < -0.39 is 40.4 Å². The van der Waals surface area contributed by atoms with E-state index in [1.165, 1.54) is 14.1 Å². The number of aliphatic carboxylic acids is 1. The molecular formula is C9H18N4O6S. The largest absolute Gasteiger partial charge is 0.480 e. The molecule has 5 N–H and O–H groups in total. The monoisotopic (exact) mass is 310 g/mol. The van der Waals surface area contributed by atoms with Gasteiger partial charge in [0.05, 0.1) is 12.2 Å². The normalized spacial score (nSPS) is 12.8. The van der Waals surface area contributed by atoms with Crippen LogP contribution in [0.1, 0.15) is 6.42 Å². The molecule has 0 rings (SSSR count). The fraction of sp³-hybridized carbons (Fsp3) is 0.667. The first-order valence-corrected chi connectivity index (χ1v) is 7.13. The maximum atomic E-state index is 11.4. The van der Waals surface area contributed by atoms with Crippen LogP contribution in [0.15, 0.2) is 0 Å². The zero-order chi connectivity index (χ0) is 15.9. The highest BCUT2D eigenvalue weighted by molar-refractivity contribution is 7.89. The number of carbonyl (C=O) groups excluding carboxylic acids is 2. The average Bonchev–Trinajstić information content (AvgIpc) is 2.26. The molecular weight excluding hydrogens is 292 g/mol. The molecule has 0 aromatic rings. The second-order valence-corrected chi connectivity index (χ2v) is 6.36. The number of urea groups is 1. The van der Waals surface area contributed by atoms with Crippen LogP contribution in [0.25, 0.3) is 0 Å². The molecule has 0 saturated carbocycles. The lowest BCUT2D eigenvalue weighted by atomic mass is 10.2. The maximum Gasteiger partial charge on any atom is 0.326 e. The lowest BCUT2D eigenvalue weighted by molar-refractivity contribution is -0.140. The first kappa shape index (κ1) is 18.1. The van der Waals surface area contributed by atoms with Gasteiger partial charge in [-0.05, 0) is 0 Å². The Morgan fingerprint density at radius 2 is 1.85 bits per heavy atom. The molecule has 0 saturated heterocycles. The minimum atomic E-state index is -3.46. The third-order valence-electron chi connectivity index (χ3n) is 2.21. The maximum absolute atomic E-state index is 11.4. The number of rotatable bonds is 8. The molecule has 20 heavy (non-hydrogen) atoms. The van der Waals surface area contributed by atoms with Crippen molar-refractivity contribution in [1.82, 2.24) is 14.9 Å². The summed E-state index contributed by atoms with van der Waals surface area (Å²) in [4.78, 5) is 32.7. The number of hydrogen-bond acceptors (Lipinski definition) is 5. The first-order valence-electron chi connectivity index (χ1n) is 5.52. The van der Waals surface area contributed by atoms with Crippen molar-refractivity contribution in [3.8, 4) is 0 Å². The molecule has 0 aliphatic carbocycles. The molecule has 10 nitrogen and oxygen atoms in total. The number of nitrogens with zero attached hydrogens (tertiary/aromatic N) is 1. The van der Waals surface area contributed by atoms with E-state index in [1.54, 1.807) is 0 Å². The van der Waals surface area contributed by atoms with Crippen molar-refractivity contribution in [1.29, 1.82) is 0 Å². The van der Waals surface area contributed by atoms with Crippen LogP contribution in [0, 0.1) is 0 Å². The number of carboxylic acid groups (broad SMARTS) is 1. The highest BCUT2D eigenvalue weighted by Crippen LogP contribution is 1.93. The van der Waals surface area contributed by atoms with Gasteiger partial charge in [0.2, 0.25) is 15.9 Å². The summed E-state index contributed by atoms with van der Waals surface area (Å²) in [6.45, 7) is -0.199. The van der Waals surface area contributed by atoms with Crippen LogP contribution >= 0.6 is 0 Å². The molecule has 1 atom stereocenters. The molecule has 0 aromatic heterocycles. The van der Waals surface area contributed by atoms with Gasteiger partial charge in [0.15, 0.2) is 0 Å². The van der Waals surface area contributed by atoms with Crippen molar-refractivity contribution in [2.45, 2.75) is 12.5 Å². The molecule has 0 unspecified atom stereocenters. The summed E-state index contributed by atoms with van der Waals surface area (Å²) in [7, 11) is -0.757. The second-order valence-electron chi connectivity index (χ2n) is 4.06. The molecule has 0 fully saturated rings. The van der Waals surface area contributed by atoms with Gasteiger partial charge in [-0.3, -0.25) is 4.79 Å². The Hall–Kier alpha value is -1.88. The Morgan fingerprint density at radius 1 is 1.30 bits per heavy atom. The molecule has 3 amide bonds. The van der Waals surface area contributed by atoms with Gasteiger partial charge < -0.3 is 21.5 Å². The molecule has 11 heteroatoms. The second kappa shape index (κ2) is 7.65. The van der Waals surface area contributed by atoms with E-state index in [-0.39, 0.29) is 12.3 Å². The average molecular weight is 310 g/mol. The zero-order valence-electron chi connectivity index (χ0n) is 11.1. The van der Waals surface area contributed by atoms with Crippen molar-refractivity contribution in [2.24, 2.45) is 5.73 Å². The number of carbonyl (C=O) groups is 3. The van der Waals surface area contributed by atoms with Crippen molar-refractivity contribution in [3.63, 3.8) is 0 Å². The summed E-state index contributed by atoms with van der Waals surface area (Å²) in [5.41, 5.74) is 4.84. The minimum Gasteiger partial charge on any atom is -0.480 e. The summed E-state index contributed by atoms with van der Waals surface area (Å²) in [6.07, 6.45) is -0.557. The summed E-state index contributed by atoms with van der Waals surface area (Å²) in [6, 6.07) is -2.36. The number of nitrogens with two attached hydrogens (primary N) is 1. The number of carboxylic acids is 1. The SMILES string of the molecule is CN(C)S(=O)(=O)CCNC(=O)N[C@@H](CC(N)=O)C(=O)O. The number of primary amides is 1. The minimum absolute atomic E-state index is 0.199. The predicted octanol–water partition coefficient (Wildman–Crippen LogP) is -2.49. The fourth-order valence-electron chi connectivity index (χ4n) is 1.09. The van der Waals surface area contributed by atoms with Crippen molar-refractivity contribution >= 4 is 27.9 Å². The standard InChI is InChI=1S/C9H18N4O6S/c1-13(2)20(18,19)4-3-11-9(17)12-6(8(15)16)5-7(10)14/h6H,3-5H2,1-2H3,(H2,10,14)(H,15,16)(H2,11,12,17)/t6-/m0/s1. The van der Waals surface area contributed by atoms with Crippen LogP contribution in [-0.4, -0.2) is 68.2 Å². The van der Waals surface area contributed by atoms with Crippen LogP contribution in [0.5, 0.6) is 0 Å². The van der Waals surface area contributed by atoms with Crippen LogP contribution < -0.4 is 16.4 Å². The van der Waals surface area contributed by atoms with E-state index in [9.17, 15) is 22.8 Å². The van der Waals surface area contributed by atoms with Gasteiger partial charge in [-0.2, -0.15) is 0 Å². The van der Waals surface area contributed by atoms with Crippen LogP contribution in [0.2, 0.25) is 0 Å². The molecule has 0 aliphatic heterocycles. The lowest BCUT2D eigenvalue weighted by Crippen LogP contribution is -2.48. The van der Waals surface area contributed by atoms with E-state index >= 15 is 0 Å². The molecule has 0 heterocycles. The summed E-state index contributed by atoms with van der Waals surface area (Å²) >= 11 is 0. The Balaban J connectivity index is 4.28. The Kier molecular flexibility index (Phi) is 6.93. The van der Waals surface area contributed by atoms with Gasteiger partial charge in [-0.1, -0.05) is 0 Å². The van der Waals surface area contributed by atoms with E-state index in [0.717, 1.165) is 4.31 Å². The van der Waals surface area contributed by atoms with E-state index in [1.807, 2.05) is 5.32 Å². The lowest BCUT2D eigenvalue weighted by Gasteiger charge is -2.14. The molecule has 0 radical (unpaired) electrons. The van der Waals surface area contributed by atoms with Gasteiger partial charge in [0.1, 0.15) is 6.04 Å². The van der Waals surface area contributed by atoms with Crippen molar-refractivity contribution < 1.29 is 27.9 Å². The van der Waals surface area contributed by atoms with Crippen molar-refractivity contribution in [3.05, 3.63) is 0 Å². The molecule has 0 spiro atoms. The summed E-state index contributed by atoms with van der Waals surface area (Å²) in [5, 5.41) is 12.9. The quantitative estimate of drug-likeness (QED) is 0.388. The first-order chi connectivity index (χ1) is 9.06. The van der Waals surface area contributed by atoms with Crippen LogP contribution in [0.3, 0.4) is 0 Å². The smallest absolute Gasteiger partial charge is 0.326 e. The van der Waals surface area contributed by atoms with Crippen LogP contribution in [0.4, 0.5) is 4.79 Å². The molecule has 0 bridgehead atoms. The van der Waals surface area contributed by atoms with Gasteiger partial charge in [-0.25, -0.2) is 22.3 Å². The number of nitrogens with one attached hydrogen (secondary N) is 2. The summed E-state index contributed by atoms with van der Waals surface area (Å²) < 4.78 is 23.8. The van der Waals surface area contributed by atoms with Crippen LogP contribution in [-0.2, 0) is 19.6 Å². The predicted molar refractivity (Wildman–Crippen MR) is 69.2 cm³/mol. The Morgan fingerprint density at radius 3 is 2.25 bits per heavy atom. The van der Waals surface area contributed by atoms with Crippen molar-refractivity contribution in [2.75, 3.05) is 26.4 Å². The fourth-order valence-corrected chi connectivity index (χ4v) is 1.81. The summed E-state index contributed by atoms with van der Waals surface area (Å²) in [5.74, 6) is -2.63. The van der Waals surface area contributed by atoms with Gasteiger partial charge in [0.25, 0.3) is 0 Å². The van der Waals surface area contributed by atoms with Gasteiger partial charge >= 0.3 is 12.0 Å². The number of amides is 3. The topological polar surface area (TPSA) is 159 Å². The van der Waals surface area contributed by atoms with E-state index in [4.69, 9.17) is 10.8 Å². The van der Waals surface area contributed by atoms with Gasteiger partial charge in [-0.15, -0.1) is 0 Å². The van der Waals surface area contributed by atoms with E-state index in [0.29, 0.717) is 0 Å². The third-order valence-corrected chi connectivity index (χ3v) is 4.04. The molecule has 0 aromatic carbocycles. The van der Waals surface area contributed by atoms with E-state index in [2.05, 4.69) is 5.32 Å². The molecule has 0 aliphatic rings. The Labute approximate surface area is 116 Å². The third kappa shape index (κ3) is 6.89.